The van der Waals surface area contributed by atoms with Crippen molar-refractivity contribution in [3.63, 3.8) is 0 Å². The predicted molar refractivity (Wildman–Crippen MR) is 114 cm³/mol. The largest absolute Gasteiger partial charge is 0.369 e. The van der Waals surface area contributed by atoms with Crippen molar-refractivity contribution in [2.45, 2.75) is 12.5 Å². The second-order valence-corrected chi connectivity index (χ2v) is 9.25. The van der Waals surface area contributed by atoms with Crippen LogP contribution in [0, 0.1) is 5.92 Å². The van der Waals surface area contributed by atoms with Gasteiger partial charge in [0.15, 0.2) is 5.78 Å². The summed E-state index contributed by atoms with van der Waals surface area (Å²) in [5.74, 6) is 2.19. The molecule has 3 aliphatic rings. The van der Waals surface area contributed by atoms with E-state index >= 15 is 0 Å². The number of rotatable bonds is 5. The highest BCUT2D eigenvalue weighted by molar-refractivity contribution is 7.99. The zero-order valence-corrected chi connectivity index (χ0v) is 17.6. The van der Waals surface area contributed by atoms with Crippen molar-refractivity contribution in [2.75, 3.05) is 62.3 Å². The van der Waals surface area contributed by atoms with Gasteiger partial charge < -0.3 is 15.1 Å². The number of thioether (sulfide) groups is 1. The van der Waals surface area contributed by atoms with Gasteiger partial charge in [-0.3, -0.25) is 14.5 Å². The minimum atomic E-state index is -0.186. The van der Waals surface area contributed by atoms with Gasteiger partial charge in [0.25, 0.3) is 0 Å². The fourth-order valence-electron chi connectivity index (χ4n) is 4.14. The van der Waals surface area contributed by atoms with Gasteiger partial charge >= 0.3 is 0 Å². The maximum Gasteiger partial charge on any atom is 0.240 e. The van der Waals surface area contributed by atoms with Crippen molar-refractivity contribution in [1.29, 1.82) is 0 Å². The van der Waals surface area contributed by atoms with Crippen LogP contribution in [0.15, 0.2) is 24.3 Å². The lowest BCUT2D eigenvalue weighted by molar-refractivity contribution is -0.131. The quantitative estimate of drug-likeness (QED) is 0.776. The van der Waals surface area contributed by atoms with E-state index in [4.69, 9.17) is 11.6 Å². The lowest BCUT2D eigenvalue weighted by Gasteiger charge is -2.36. The Labute approximate surface area is 175 Å². The van der Waals surface area contributed by atoms with Crippen molar-refractivity contribution in [3.05, 3.63) is 29.3 Å². The summed E-state index contributed by atoms with van der Waals surface area (Å²) in [5, 5.41) is 4.02. The van der Waals surface area contributed by atoms with E-state index in [9.17, 15) is 9.59 Å². The number of benzene rings is 1. The molecule has 152 valence electrons. The number of nitrogens with one attached hydrogen (secondary N) is 1. The van der Waals surface area contributed by atoms with E-state index < -0.39 is 0 Å². The Morgan fingerprint density at radius 2 is 1.86 bits per heavy atom. The van der Waals surface area contributed by atoms with Gasteiger partial charge in [-0.2, -0.15) is 0 Å². The smallest absolute Gasteiger partial charge is 0.240 e. The van der Waals surface area contributed by atoms with E-state index in [0.29, 0.717) is 19.5 Å². The van der Waals surface area contributed by atoms with Crippen LogP contribution in [0.4, 0.5) is 5.69 Å². The molecule has 28 heavy (non-hydrogen) atoms. The maximum absolute atomic E-state index is 12.8. The van der Waals surface area contributed by atoms with Gasteiger partial charge in [0.05, 0.1) is 18.5 Å². The first-order valence-electron chi connectivity index (χ1n) is 9.95. The van der Waals surface area contributed by atoms with Gasteiger partial charge in [-0.05, 0) is 30.7 Å². The van der Waals surface area contributed by atoms with Crippen LogP contribution in [0.1, 0.15) is 6.42 Å². The van der Waals surface area contributed by atoms with Crippen molar-refractivity contribution in [2.24, 2.45) is 5.92 Å². The molecule has 0 aromatic heterocycles. The van der Waals surface area contributed by atoms with Crippen LogP contribution in [-0.4, -0.2) is 85.0 Å². The fraction of sp³-hybridized carbons (Fsp3) is 0.600. The normalized spacial score (nSPS) is 26.0. The van der Waals surface area contributed by atoms with Gasteiger partial charge in [-0.15, -0.1) is 11.8 Å². The molecule has 1 amide bonds. The number of ketones is 1. The summed E-state index contributed by atoms with van der Waals surface area (Å²) >= 11 is 7.76. The van der Waals surface area contributed by atoms with E-state index in [1.54, 1.807) is 11.8 Å². The second-order valence-electron chi connectivity index (χ2n) is 7.74. The minimum absolute atomic E-state index is 0.0431. The molecule has 1 unspecified atom stereocenters. The Hall–Kier alpha value is -1.28. The number of nitrogens with zero attached hydrogens (tertiary/aromatic N) is 3. The number of anilines is 1. The molecular weight excluding hydrogens is 396 g/mol. The standard InChI is InChI=1S/C20H27ClN4O2S/c21-16-1-3-17(4-2-16)24-7-5-23(6-8-24)13-19(26)15-11-18(22-12-15)20(27)25-9-10-28-14-25/h1-4,15,18,22H,5-14H2/t15?,18-/m0/s1. The van der Waals surface area contributed by atoms with Crippen LogP contribution in [0.3, 0.4) is 0 Å². The highest BCUT2D eigenvalue weighted by Crippen LogP contribution is 2.22. The van der Waals surface area contributed by atoms with Crippen LogP contribution in [0.5, 0.6) is 0 Å². The van der Waals surface area contributed by atoms with Crippen molar-refractivity contribution < 1.29 is 9.59 Å². The number of carbonyl (C=O) groups excluding carboxylic acids is 2. The Balaban J connectivity index is 1.22. The number of hydrogen-bond acceptors (Lipinski definition) is 6. The van der Waals surface area contributed by atoms with E-state index in [0.717, 1.165) is 49.4 Å². The lowest BCUT2D eigenvalue weighted by atomic mass is 9.99. The molecule has 3 saturated heterocycles. The molecule has 0 radical (unpaired) electrons. The summed E-state index contributed by atoms with van der Waals surface area (Å²) in [6.07, 6.45) is 0.642. The van der Waals surface area contributed by atoms with Gasteiger partial charge in [0.1, 0.15) is 0 Å². The SMILES string of the molecule is O=C(CN1CCN(c2ccc(Cl)cc2)CC1)C1CN[C@H](C(=O)N2CCSC2)C1. The van der Waals surface area contributed by atoms with Crippen molar-refractivity contribution >= 4 is 40.7 Å². The Morgan fingerprint density at radius 3 is 2.54 bits per heavy atom. The molecule has 2 atom stereocenters. The lowest BCUT2D eigenvalue weighted by Crippen LogP contribution is -2.48. The Bertz CT molecular complexity index is 703. The molecule has 3 heterocycles. The fourth-order valence-corrected chi connectivity index (χ4v) is 5.22. The molecule has 3 aliphatic heterocycles. The molecule has 0 bridgehead atoms. The number of carbonyl (C=O) groups is 2. The first kappa shape index (κ1) is 20.0. The third-order valence-electron chi connectivity index (χ3n) is 5.89. The molecule has 6 nitrogen and oxygen atoms in total. The third kappa shape index (κ3) is 4.64. The summed E-state index contributed by atoms with van der Waals surface area (Å²) in [4.78, 5) is 31.7. The van der Waals surface area contributed by atoms with Crippen LogP contribution in [-0.2, 0) is 9.59 Å². The summed E-state index contributed by atoms with van der Waals surface area (Å²) < 4.78 is 0. The molecular formula is C20H27ClN4O2S. The Kier molecular flexibility index (Phi) is 6.45. The average Bonchev–Trinajstić information content (AvgIpc) is 3.41. The summed E-state index contributed by atoms with van der Waals surface area (Å²) in [7, 11) is 0. The van der Waals surface area contributed by atoms with Crippen LogP contribution in [0.25, 0.3) is 0 Å². The average molecular weight is 423 g/mol. The zero-order chi connectivity index (χ0) is 19.5. The van der Waals surface area contributed by atoms with Gasteiger partial charge in [0, 0.05) is 61.6 Å². The number of Topliss-reactive ketones (excluding diaryl/α,β-unsaturated/α-hetero) is 1. The Morgan fingerprint density at radius 1 is 1.11 bits per heavy atom. The maximum atomic E-state index is 12.8. The number of piperazine rings is 1. The number of amides is 1. The summed E-state index contributed by atoms with van der Waals surface area (Å²) in [6, 6.07) is 7.73. The van der Waals surface area contributed by atoms with Gasteiger partial charge in [0.2, 0.25) is 5.91 Å². The predicted octanol–water partition coefficient (Wildman–Crippen LogP) is 1.54. The number of hydrogen-bond donors (Lipinski definition) is 1. The zero-order valence-electron chi connectivity index (χ0n) is 16.0. The minimum Gasteiger partial charge on any atom is -0.369 e. The topological polar surface area (TPSA) is 55.9 Å². The highest BCUT2D eigenvalue weighted by atomic mass is 35.5. The van der Waals surface area contributed by atoms with Gasteiger partial charge in [-0.1, -0.05) is 11.6 Å². The highest BCUT2D eigenvalue weighted by Gasteiger charge is 2.36. The molecule has 0 aliphatic carbocycles. The molecule has 1 aromatic carbocycles. The van der Waals surface area contributed by atoms with E-state index in [1.165, 1.54) is 5.69 Å². The van der Waals surface area contributed by atoms with Gasteiger partial charge in [-0.25, -0.2) is 0 Å². The molecule has 0 spiro atoms. The molecule has 1 N–H and O–H groups in total. The van der Waals surface area contributed by atoms with E-state index in [2.05, 4.69) is 15.1 Å². The van der Waals surface area contributed by atoms with Crippen LogP contribution in [0.2, 0.25) is 5.02 Å². The number of halogens is 1. The first-order chi connectivity index (χ1) is 13.6. The molecule has 8 heteroatoms. The van der Waals surface area contributed by atoms with Crippen LogP contribution < -0.4 is 10.2 Å². The summed E-state index contributed by atoms with van der Waals surface area (Å²) in [5.41, 5.74) is 1.18. The van der Waals surface area contributed by atoms with Crippen molar-refractivity contribution in [1.82, 2.24) is 15.1 Å². The first-order valence-corrected chi connectivity index (χ1v) is 11.5. The summed E-state index contributed by atoms with van der Waals surface area (Å²) in [6.45, 7) is 5.52. The van der Waals surface area contributed by atoms with Crippen molar-refractivity contribution in [3.8, 4) is 0 Å². The van der Waals surface area contributed by atoms with E-state index in [-0.39, 0.29) is 23.7 Å². The third-order valence-corrected chi connectivity index (χ3v) is 7.11. The molecule has 3 fully saturated rings. The molecule has 0 saturated carbocycles. The van der Waals surface area contributed by atoms with E-state index in [1.807, 2.05) is 29.2 Å². The second kappa shape index (κ2) is 9.03. The molecule has 1 aromatic rings. The van der Waals surface area contributed by atoms with Crippen LogP contribution >= 0.6 is 23.4 Å². The monoisotopic (exact) mass is 422 g/mol. The molecule has 4 rings (SSSR count).